The second-order valence-corrected chi connectivity index (χ2v) is 5.18. The van der Waals surface area contributed by atoms with E-state index in [-0.39, 0.29) is 11.0 Å². The second kappa shape index (κ2) is 8.55. The Bertz CT molecular complexity index is 723. The van der Waals surface area contributed by atoms with Gasteiger partial charge in [0.15, 0.2) is 11.2 Å². The molecule has 0 aliphatic rings. The summed E-state index contributed by atoms with van der Waals surface area (Å²) < 4.78 is 10.6. The van der Waals surface area contributed by atoms with Gasteiger partial charge < -0.3 is 14.5 Å². The molecule has 7 nitrogen and oxygen atoms in total. The largest absolute Gasteiger partial charge is 0.481 e. The van der Waals surface area contributed by atoms with E-state index in [1.807, 2.05) is 12.1 Å². The first kappa shape index (κ1) is 17.3. The number of nitrogens with one attached hydrogen (secondary N) is 3. The van der Waals surface area contributed by atoms with Crippen molar-refractivity contribution in [3.8, 4) is 11.8 Å². The topological polar surface area (TPSA) is 99.3 Å². The Morgan fingerprint density at radius 2 is 2.08 bits per heavy atom. The molecule has 1 aromatic heterocycles. The molecule has 1 amide bonds. The van der Waals surface area contributed by atoms with Crippen molar-refractivity contribution in [2.45, 2.75) is 19.6 Å². The molecule has 0 bridgehead atoms. The number of furan rings is 1. The number of thiocarbonyl (C=S) groups is 1. The van der Waals surface area contributed by atoms with Crippen molar-refractivity contribution < 1.29 is 13.9 Å². The van der Waals surface area contributed by atoms with Crippen LogP contribution in [0.25, 0.3) is 0 Å². The standard InChI is InChI=1S/C16H16N4O3S/c1-11(23-13-6-4-12(9-17)5-7-13)15(21)19-20-16(24)18-10-14-3-2-8-22-14/h2-8,11H,10H2,1H3,(H,19,21)(H2,18,20,24)/t11-/m1/s1. The zero-order chi connectivity index (χ0) is 17.4. The molecule has 0 aliphatic heterocycles. The molecule has 0 saturated carbocycles. The Hall–Kier alpha value is -3.05. The lowest BCUT2D eigenvalue weighted by atomic mass is 10.2. The molecular formula is C16H16N4O3S. The van der Waals surface area contributed by atoms with Gasteiger partial charge in [-0.25, -0.2) is 0 Å². The minimum atomic E-state index is -0.738. The van der Waals surface area contributed by atoms with Crippen molar-refractivity contribution in [3.63, 3.8) is 0 Å². The number of hydrogen-bond acceptors (Lipinski definition) is 5. The second-order valence-electron chi connectivity index (χ2n) is 4.77. The molecule has 0 spiro atoms. The molecule has 0 aliphatic carbocycles. The van der Waals surface area contributed by atoms with Gasteiger partial charge in [0, 0.05) is 0 Å². The highest BCUT2D eigenvalue weighted by atomic mass is 32.1. The van der Waals surface area contributed by atoms with E-state index in [0.717, 1.165) is 5.76 Å². The van der Waals surface area contributed by atoms with Gasteiger partial charge >= 0.3 is 0 Å². The SMILES string of the molecule is C[C@@H](Oc1ccc(C#N)cc1)C(=O)NNC(=S)NCc1ccco1. The minimum Gasteiger partial charge on any atom is -0.481 e. The first-order chi connectivity index (χ1) is 11.6. The number of benzene rings is 1. The van der Waals surface area contributed by atoms with Crippen molar-refractivity contribution in [1.82, 2.24) is 16.2 Å². The van der Waals surface area contributed by atoms with Crippen LogP contribution in [0.15, 0.2) is 47.1 Å². The van der Waals surface area contributed by atoms with Crippen LogP contribution < -0.4 is 20.9 Å². The summed E-state index contributed by atoms with van der Waals surface area (Å²) in [5.74, 6) is 0.833. The molecular weight excluding hydrogens is 328 g/mol. The Morgan fingerprint density at radius 3 is 2.71 bits per heavy atom. The predicted octanol–water partition coefficient (Wildman–Crippen LogP) is 1.61. The summed E-state index contributed by atoms with van der Waals surface area (Å²) in [5.41, 5.74) is 5.56. The van der Waals surface area contributed by atoms with Gasteiger partial charge in [-0.15, -0.1) is 0 Å². The molecule has 124 valence electrons. The highest BCUT2D eigenvalue weighted by Crippen LogP contribution is 2.13. The van der Waals surface area contributed by atoms with Gasteiger partial charge in [-0.05, 0) is 55.5 Å². The Balaban J connectivity index is 1.72. The Kier molecular flexibility index (Phi) is 6.16. The smallest absolute Gasteiger partial charge is 0.279 e. The van der Waals surface area contributed by atoms with Crippen LogP contribution in [-0.4, -0.2) is 17.1 Å². The normalized spacial score (nSPS) is 11.0. The van der Waals surface area contributed by atoms with Gasteiger partial charge in [0.05, 0.1) is 24.4 Å². The van der Waals surface area contributed by atoms with Crippen LogP contribution in [0.5, 0.6) is 5.75 Å². The first-order valence-electron chi connectivity index (χ1n) is 7.11. The van der Waals surface area contributed by atoms with Gasteiger partial charge in [-0.1, -0.05) is 0 Å². The van der Waals surface area contributed by atoms with Crippen LogP contribution in [0.1, 0.15) is 18.2 Å². The van der Waals surface area contributed by atoms with Gasteiger partial charge in [0.25, 0.3) is 5.91 Å². The minimum absolute atomic E-state index is 0.255. The van der Waals surface area contributed by atoms with Crippen molar-refractivity contribution in [1.29, 1.82) is 5.26 Å². The molecule has 3 N–H and O–H groups in total. The average Bonchev–Trinajstić information content (AvgIpc) is 3.12. The zero-order valence-electron chi connectivity index (χ0n) is 12.9. The highest BCUT2D eigenvalue weighted by Gasteiger charge is 2.14. The number of nitriles is 1. The lowest BCUT2D eigenvalue weighted by molar-refractivity contribution is -0.127. The van der Waals surface area contributed by atoms with Gasteiger partial charge in [0.1, 0.15) is 11.5 Å². The molecule has 24 heavy (non-hydrogen) atoms. The van der Waals surface area contributed by atoms with E-state index in [4.69, 9.17) is 26.6 Å². The number of nitrogens with zero attached hydrogens (tertiary/aromatic N) is 1. The number of carbonyl (C=O) groups is 1. The zero-order valence-corrected chi connectivity index (χ0v) is 13.7. The average molecular weight is 344 g/mol. The number of ether oxygens (including phenoxy) is 1. The summed E-state index contributed by atoms with van der Waals surface area (Å²) in [7, 11) is 0. The van der Waals surface area contributed by atoms with E-state index in [0.29, 0.717) is 17.9 Å². The number of hydrogen-bond donors (Lipinski definition) is 3. The molecule has 8 heteroatoms. The van der Waals surface area contributed by atoms with Crippen LogP contribution in [-0.2, 0) is 11.3 Å². The predicted molar refractivity (Wildman–Crippen MR) is 90.7 cm³/mol. The summed E-state index contributed by atoms with van der Waals surface area (Å²) in [6.07, 6.45) is 0.829. The number of amides is 1. The van der Waals surface area contributed by atoms with Crippen LogP contribution in [0.2, 0.25) is 0 Å². The summed E-state index contributed by atoms with van der Waals surface area (Å²) in [6, 6.07) is 12.1. The number of hydrazine groups is 1. The Morgan fingerprint density at radius 1 is 1.33 bits per heavy atom. The summed E-state index contributed by atoms with van der Waals surface area (Å²) in [4.78, 5) is 12.0. The van der Waals surface area contributed by atoms with E-state index in [1.165, 1.54) is 0 Å². The quantitative estimate of drug-likeness (QED) is 0.560. The maximum absolute atomic E-state index is 12.0. The summed E-state index contributed by atoms with van der Waals surface area (Å²) in [6.45, 7) is 2.01. The monoisotopic (exact) mass is 344 g/mol. The van der Waals surface area contributed by atoms with Gasteiger partial charge in [0.2, 0.25) is 0 Å². The molecule has 1 aromatic carbocycles. The van der Waals surface area contributed by atoms with E-state index >= 15 is 0 Å². The van der Waals surface area contributed by atoms with E-state index in [9.17, 15) is 4.79 Å². The summed E-state index contributed by atoms with van der Waals surface area (Å²) >= 11 is 5.04. The van der Waals surface area contributed by atoms with E-state index < -0.39 is 6.10 Å². The molecule has 0 fully saturated rings. The highest BCUT2D eigenvalue weighted by molar-refractivity contribution is 7.80. The fraction of sp³-hybridized carbons (Fsp3) is 0.188. The van der Waals surface area contributed by atoms with Crippen molar-refractivity contribution >= 4 is 23.2 Å². The molecule has 0 unspecified atom stereocenters. The molecule has 1 atom stereocenters. The maximum Gasteiger partial charge on any atom is 0.279 e. The number of rotatable bonds is 5. The summed E-state index contributed by atoms with van der Waals surface area (Å²) in [5, 5.41) is 11.9. The first-order valence-corrected chi connectivity index (χ1v) is 7.52. The van der Waals surface area contributed by atoms with Crippen LogP contribution >= 0.6 is 12.2 Å². The van der Waals surface area contributed by atoms with E-state index in [2.05, 4.69) is 16.2 Å². The molecule has 0 saturated heterocycles. The fourth-order valence-corrected chi connectivity index (χ4v) is 1.83. The maximum atomic E-state index is 12.0. The Labute approximate surface area is 144 Å². The lowest BCUT2D eigenvalue weighted by Crippen LogP contribution is -2.50. The van der Waals surface area contributed by atoms with Gasteiger partial charge in [-0.2, -0.15) is 5.26 Å². The lowest BCUT2D eigenvalue weighted by Gasteiger charge is -2.16. The molecule has 1 heterocycles. The molecule has 2 rings (SSSR count). The van der Waals surface area contributed by atoms with Crippen LogP contribution in [0.3, 0.4) is 0 Å². The van der Waals surface area contributed by atoms with Crippen molar-refractivity contribution in [2.75, 3.05) is 0 Å². The third-order valence-corrected chi connectivity index (χ3v) is 3.21. The van der Waals surface area contributed by atoms with Crippen LogP contribution in [0, 0.1) is 11.3 Å². The fourth-order valence-electron chi connectivity index (χ4n) is 1.71. The van der Waals surface area contributed by atoms with Gasteiger partial charge in [-0.3, -0.25) is 15.6 Å². The number of carbonyl (C=O) groups excluding carboxylic acids is 1. The molecule has 0 radical (unpaired) electrons. The van der Waals surface area contributed by atoms with E-state index in [1.54, 1.807) is 43.5 Å². The van der Waals surface area contributed by atoms with Crippen LogP contribution in [0.4, 0.5) is 0 Å². The third kappa shape index (κ3) is 5.30. The van der Waals surface area contributed by atoms with Crippen molar-refractivity contribution in [3.05, 3.63) is 54.0 Å². The van der Waals surface area contributed by atoms with Crippen molar-refractivity contribution in [2.24, 2.45) is 0 Å². The third-order valence-electron chi connectivity index (χ3n) is 2.97. The molecule has 2 aromatic rings.